The lowest BCUT2D eigenvalue weighted by molar-refractivity contribution is -0.385. The standard InChI is InChI=1S/C11H13NO5/c1-3-16-10-7-8(11(13)17-4-2)5-6-9(10)12(14)15/h5-7H,3-4H2,1-2H3. The topological polar surface area (TPSA) is 78.7 Å². The second kappa shape index (κ2) is 5.83. The highest BCUT2D eigenvalue weighted by Crippen LogP contribution is 2.28. The second-order valence-electron chi connectivity index (χ2n) is 3.09. The first kappa shape index (κ1) is 13.0. The molecule has 1 aromatic rings. The summed E-state index contributed by atoms with van der Waals surface area (Å²) in [5, 5.41) is 10.7. The third kappa shape index (κ3) is 3.17. The molecule has 17 heavy (non-hydrogen) atoms. The maximum Gasteiger partial charge on any atom is 0.338 e. The van der Waals surface area contributed by atoms with E-state index in [1.165, 1.54) is 18.2 Å². The van der Waals surface area contributed by atoms with Gasteiger partial charge in [0.2, 0.25) is 0 Å². The van der Waals surface area contributed by atoms with Crippen molar-refractivity contribution in [3.63, 3.8) is 0 Å². The molecule has 0 saturated carbocycles. The number of benzene rings is 1. The van der Waals surface area contributed by atoms with Crippen LogP contribution in [0.2, 0.25) is 0 Å². The monoisotopic (exact) mass is 239 g/mol. The summed E-state index contributed by atoms with van der Waals surface area (Å²) in [4.78, 5) is 21.6. The summed E-state index contributed by atoms with van der Waals surface area (Å²) in [6.07, 6.45) is 0. The van der Waals surface area contributed by atoms with Crippen LogP contribution in [-0.4, -0.2) is 24.1 Å². The molecule has 0 saturated heterocycles. The Labute approximate surface area is 98.3 Å². The highest BCUT2D eigenvalue weighted by atomic mass is 16.6. The van der Waals surface area contributed by atoms with Crippen LogP contribution in [0.15, 0.2) is 18.2 Å². The fraction of sp³-hybridized carbons (Fsp3) is 0.364. The summed E-state index contributed by atoms with van der Waals surface area (Å²) in [7, 11) is 0. The van der Waals surface area contributed by atoms with Crippen molar-refractivity contribution in [2.45, 2.75) is 13.8 Å². The van der Waals surface area contributed by atoms with Crippen molar-refractivity contribution in [2.24, 2.45) is 0 Å². The first-order valence-electron chi connectivity index (χ1n) is 5.18. The predicted molar refractivity (Wildman–Crippen MR) is 60.2 cm³/mol. The molecule has 6 nitrogen and oxygen atoms in total. The normalized spacial score (nSPS) is 9.76. The van der Waals surface area contributed by atoms with Gasteiger partial charge in [-0.1, -0.05) is 0 Å². The SMILES string of the molecule is CCOC(=O)c1ccc([N+](=O)[O-])c(OCC)c1. The zero-order chi connectivity index (χ0) is 12.8. The molecule has 0 aromatic heterocycles. The lowest BCUT2D eigenvalue weighted by Crippen LogP contribution is -2.06. The number of esters is 1. The number of carbonyl (C=O) groups is 1. The van der Waals surface area contributed by atoms with Gasteiger partial charge in [-0.25, -0.2) is 4.79 Å². The molecule has 1 aromatic carbocycles. The molecule has 0 aliphatic rings. The summed E-state index contributed by atoms with van der Waals surface area (Å²) >= 11 is 0. The molecule has 0 aliphatic carbocycles. The van der Waals surface area contributed by atoms with Crippen LogP contribution in [0, 0.1) is 10.1 Å². The first-order valence-corrected chi connectivity index (χ1v) is 5.18. The van der Waals surface area contributed by atoms with Crippen molar-refractivity contribution in [1.29, 1.82) is 0 Å². The van der Waals surface area contributed by atoms with E-state index in [9.17, 15) is 14.9 Å². The fourth-order valence-electron chi connectivity index (χ4n) is 1.28. The van der Waals surface area contributed by atoms with Crippen LogP contribution in [0.3, 0.4) is 0 Å². The van der Waals surface area contributed by atoms with Crippen molar-refractivity contribution in [1.82, 2.24) is 0 Å². The Morgan fingerprint density at radius 2 is 2.06 bits per heavy atom. The van der Waals surface area contributed by atoms with Crippen molar-refractivity contribution >= 4 is 11.7 Å². The molecule has 0 radical (unpaired) electrons. The molecular formula is C11H13NO5. The van der Waals surface area contributed by atoms with Gasteiger partial charge < -0.3 is 9.47 Å². The lowest BCUT2D eigenvalue weighted by Gasteiger charge is -2.06. The summed E-state index contributed by atoms with van der Waals surface area (Å²) in [5.74, 6) is -0.452. The molecule has 0 atom stereocenters. The molecule has 92 valence electrons. The number of nitrogens with zero attached hydrogens (tertiary/aromatic N) is 1. The quantitative estimate of drug-likeness (QED) is 0.447. The van der Waals surface area contributed by atoms with Gasteiger partial charge in [0, 0.05) is 12.1 Å². The number of hydrogen-bond donors (Lipinski definition) is 0. The minimum absolute atomic E-state index is 0.0723. The van der Waals surface area contributed by atoms with Crippen molar-refractivity contribution in [3.8, 4) is 5.75 Å². The van der Waals surface area contributed by atoms with Crippen LogP contribution in [0.5, 0.6) is 5.75 Å². The van der Waals surface area contributed by atoms with Crippen LogP contribution >= 0.6 is 0 Å². The summed E-state index contributed by atoms with van der Waals surface area (Å²) in [6.45, 7) is 3.93. The van der Waals surface area contributed by atoms with E-state index in [-0.39, 0.29) is 30.2 Å². The third-order valence-corrected chi connectivity index (χ3v) is 1.97. The van der Waals surface area contributed by atoms with Crippen LogP contribution in [0.1, 0.15) is 24.2 Å². The van der Waals surface area contributed by atoms with Crippen molar-refractivity contribution < 1.29 is 19.2 Å². The Morgan fingerprint density at radius 1 is 1.35 bits per heavy atom. The van der Waals surface area contributed by atoms with Crippen molar-refractivity contribution in [3.05, 3.63) is 33.9 Å². The number of carbonyl (C=O) groups excluding carboxylic acids is 1. The van der Waals surface area contributed by atoms with Gasteiger partial charge >= 0.3 is 11.7 Å². The Hall–Kier alpha value is -2.11. The average molecular weight is 239 g/mol. The van der Waals surface area contributed by atoms with Gasteiger partial charge in [-0.05, 0) is 19.9 Å². The molecule has 6 heteroatoms. The molecule has 0 unspecified atom stereocenters. The maximum absolute atomic E-state index is 11.4. The Kier molecular flexibility index (Phi) is 4.45. The van der Waals surface area contributed by atoms with Gasteiger partial charge in [-0.2, -0.15) is 0 Å². The molecule has 0 fully saturated rings. The molecular weight excluding hydrogens is 226 g/mol. The highest BCUT2D eigenvalue weighted by Gasteiger charge is 2.18. The van der Waals surface area contributed by atoms with Crippen LogP contribution < -0.4 is 4.74 Å². The number of ether oxygens (including phenoxy) is 2. The van der Waals surface area contributed by atoms with E-state index in [0.29, 0.717) is 0 Å². The van der Waals surface area contributed by atoms with E-state index in [1.54, 1.807) is 13.8 Å². The summed E-state index contributed by atoms with van der Waals surface area (Å²) in [5.41, 5.74) is 0.0702. The fourth-order valence-corrected chi connectivity index (χ4v) is 1.28. The third-order valence-electron chi connectivity index (χ3n) is 1.97. The zero-order valence-corrected chi connectivity index (χ0v) is 9.63. The van der Waals surface area contributed by atoms with Crippen LogP contribution in [0.4, 0.5) is 5.69 Å². The Balaban J connectivity index is 3.09. The number of hydrogen-bond acceptors (Lipinski definition) is 5. The molecule has 0 aliphatic heterocycles. The van der Waals surface area contributed by atoms with Gasteiger partial charge in [0.05, 0.1) is 23.7 Å². The molecule has 0 spiro atoms. The highest BCUT2D eigenvalue weighted by molar-refractivity contribution is 5.90. The molecule has 0 bridgehead atoms. The second-order valence-corrected chi connectivity index (χ2v) is 3.09. The Bertz CT molecular complexity index is 430. The maximum atomic E-state index is 11.4. The smallest absolute Gasteiger partial charge is 0.338 e. The summed E-state index contributed by atoms with van der Waals surface area (Å²) < 4.78 is 9.91. The van der Waals surface area contributed by atoms with Gasteiger partial charge in [0.15, 0.2) is 5.75 Å². The number of nitro benzene ring substituents is 1. The number of rotatable bonds is 5. The van der Waals surface area contributed by atoms with Gasteiger partial charge in [0.1, 0.15) is 0 Å². The van der Waals surface area contributed by atoms with E-state index in [1.807, 2.05) is 0 Å². The van der Waals surface area contributed by atoms with Gasteiger partial charge in [0.25, 0.3) is 0 Å². The molecule has 1 rings (SSSR count). The van der Waals surface area contributed by atoms with E-state index < -0.39 is 10.9 Å². The zero-order valence-electron chi connectivity index (χ0n) is 9.63. The van der Waals surface area contributed by atoms with Crippen LogP contribution in [-0.2, 0) is 4.74 Å². The van der Waals surface area contributed by atoms with E-state index in [4.69, 9.17) is 9.47 Å². The summed E-state index contributed by atoms with van der Waals surface area (Å²) in [6, 6.07) is 3.90. The van der Waals surface area contributed by atoms with Gasteiger partial charge in [-0.15, -0.1) is 0 Å². The average Bonchev–Trinajstić information content (AvgIpc) is 2.29. The Morgan fingerprint density at radius 3 is 2.59 bits per heavy atom. The predicted octanol–water partition coefficient (Wildman–Crippen LogP) is 2.17. The van der Waals surface area contributed by atoms with E-state index >= 15 is 0 Å². The molecule has 0 N–H and O–H groups in total. The number of nitro groups is 1. The minimum Gasteiger partial charge on any atom is -0.487 e. The van der Waals surface area contributed by atoms with Crippen molar-refractivity contribution in [2.75, 3.05) is 13.2 Å². The minimum atomic E-state index is -0.556. The van der Waals surface area contributed by atoms with E-state index in [2.05, 4.69) is 0 Å². The molecule has 0 amide bonds. The van der Waals surface area contributed by atoms with Crippen LogP contribution in [0.25, 0.3) is 0 Å². The molecule has 0 heterocycles. The van der Waals surface area contributed by atoms with E-state index in [0.717, 1.165) is 0 Å². The van der Waals surface area contributed by atoms with Gasteiger partial charge in [-0.3, -0.25) is 10.1 Å². The lowest BCUT2D eigenvalue weighted by atomic mass is 10.2. The largest absolute Gasteiger partial charge is 0.487 e. The first-order chi connectivity index (χ1) is 8.10.